The van der Waals surface area contributed by atoms with Crippen LogP contribution in [0, 0.1) is 0 Å². The van der Waals surface area contributed by atoms with Crippen molar-refractivity contribution in [1.29, 1.82) is 0 Å². The molecule has 3 rings (SSSR count). The van der Waals surface area contributed by atoms with E-state index in [9.17, 15) is 9.59 Å². The van der Waals surface area contributed by atoms with Crippen molar-refractivity contribution in [3.8, 4) is 5.75 Å². The average molecular weight is 342 g/mol. The number of nitrogens with zero attached hydrogens (tertiary/aromatic N) is 1. The molecule has 1 aliphatic heterocycles. The standard InChI is InChI=1S/C17H14N2O4S/c20-16(18-7-5-15-19-13(10-24-15)17(21)22)12-6-8-23-14-4-2-1-3-11(14)9-12/h1-4,6,8-10H,5,7H2,(H,18,20)(H,21,22). The lowest BCUT2D eigenvalue weighted by Gasteiger charge is -2.04. The van der Waals surface area contributed by atoms with Gasteiger partial charge in [0.25, 0.3) is 5.91 Å². The first kappa shape index (κ1) is 15.9. The number of rotatable bonds is 5. The third kappa shape index (κ3) is 3.69. The fourth-order valence-electron chi connectivity index (χ4n) is 2.15. The Morgan fingerprint density at radius 3 is 2.92 bits per heavy atom. The number of carbonyl (C=O) groups excluding carboxylic acids is 1. The molecule has 0 fully saturated rings. The normalized spacial score (nSPS) is 12.6. The maximum absolute atomic E-state index is 12.3. The molecular formula is C17H14N2O4S. The number of hydrogen-bond donors (Lipinski definition) is 2. The maximum atomic E-state index is 12.3. The molecule has 1 aliphatic rings. The molecule has 2 heterocycles. The van der Waals surface area contributed by atoms with Crippen LogP contribution in [0.2, 0.25) is 0 Å². The Bertz CT molecular complexity index is 839. The van der Waals surface area contributed by atoms with Crippen LogP contribution in [0.5, 0.6) is 5.75 Å². The number of hydrogen-bond acceptors (Lipinski definition) is 5. The number of carboxylic acids is 1. The number of amides is 1. The molecule has 7 heteroatoms. The zero-order chi connectivity index (χ0) is 16.9. The second-order valence-corrected chi connectivity index (χ2v) is 5.94. The molecule has 24 heavy (non-hydrogen) atoms. The van der Waals surface area contributed by atoms with Gasteiger partial charge in [-0.1, -0.05) is 18.2 Å². The van der Waals surface area contributed by atoms with Gasteiger partial charge < -0.3 is 15.2 Å². The summed E-state index contributed by atoms with van der Waals surface area (Å²) in [6.07, 6.45) is 5.34. The number of ether oxygens (including phenoxy) is 1. The first-order valence-corrected chi connectivity index (χ1v) is 8.11. The van der Waals surface area contributed by atoms with E-state index < -0.39 is 5.97 Å². The number of thiazole rings is 1. The zero-order valence-corrected chi connectivity index (χ0v) is 13.4. The minimum atomic E-state index is -1.05. The van der Waals surface area contributed by atoms with Crippen molar-refractivity contribution < 1.29 is 19.4 Å². The van der Waals surface area contributed by atoms with Crippen LogP contribution in [0.3, 0.4) is 0 Å². The Balaban J connectivity index is 1.60. The molecule has 0 atom stereocenters. The van der Waals surface area contributed by atoms with Gasteiger partial charge in [-0.05, 0) is 18.2 Å². The Hall–Kier alpha value is -2.93. The van der Waals surface area contributed by atoms with Gasteiger partial charge in [0.2, 0.25) is 0 Å². The van der Waals surface area contributed by atoms with Crippen molar-refractivity contribution in [2.75, 3.05) is 6.54 Å². The quantitative estimate of drug-likeness (QED) is 0.871. The summed E-state index contributed by atoms with van der Waals surface area (Å²) in [5, 5.41) is 13.8. The Kier molecular flexibility index (Phi) is 4.72. The molecule has 122 valence electrons. The molecule has 1 aromatic carbocycles. The van der Waals surface area contributed by atoms with E-state index in [-0.39, 0.29) is 11.6 Å². The summed E-state index contributed by atoms with van der Waals surface area (Å²) in [4.78, 5) is 27.0. The lowest BCUT2D eigenvalue weighted by Crippen LogP contribution is -2.26. The van der Waals surface area contributed by atoms with Crippen molar-refractivity contribution in [2.24, 2.45) is 0 Å². The molecule has 6 nitrogen and oxygen atoms in total. The Labute approximate surface area is 142 Å². The highest BCUT2D eigenvalue weighted by atomic mass is 32.1. The molecule has 2 aromatic rings. The van der Waals surface area contributed by atoms with Gasteiger partial charge in [0.15, 0.2) is 5.69 Å². The van der Waals surface area contributed by atoms with Crippen molar-refractivity contribution in [3.05, 3.63) is 63.8 Å². The number of aromatic nitrogens is 1. The summed E-state index contributed by atoms with van der Waals surface area (Å²) in [5.41, 5.74) is 1.36. The molecule has 0 saturated heterocycles. The largest absolute Gasteiger partial charge is 0.476 e. The van der Waals surface area contributed by atoms with Crippen molar-refractivity contribution in [3.63, 3.8) is 0 Å². The number of carboxylic acid groups (broad SMARTS) is 1. The predicted molar refractivity (Wildman–Crippen MR) is 90.0 cm³/mol. The van der Waals surface area contributed by atoms with Crippen LogP contribution in [0.1, 0.15) is 21.1 Å². The van der Waals surface area contributed by atoms with E-state index in [0.717, 1.165) is 5.56 Å². The number of nitrogens with one attached hydrogen (secondary N) is 1. The van der Waals surface area contributed by atoms with Crippen LogP contribution in [0.15, 0.2) is 47.6 Å². The van der Waals surface area contributed by atoms with Crippen molar-refractivity contribution in [2.45, 2.75) is 6.42 Å². The van der Waals surface area contributed by atoms with E-state index in [1.807, 2.05) is 24.3 Å². The monoisotopic (exact) mass is 342 g/mol. The predicted octanol–water partition coefficient (Wildman–Crippen LogP) is 2.49. The number of para-hydroxylation sites is 1. The number of aromatic carboxylic acids is 1. The molecule has 0 aliphatic carbocycles. The average Bonchev–Trinajstić information content (AvgIpc) is 2.93. The van der Waals surface area contributed by atoms with Crippen molar-refractivity contribution in [1.82, 2.24) is 10.3 Å². The first-order valence-electron chi connectivity index (χ1n) is 7.23. The van der Waals surface area contributed by atoms with E-state index in [1.54, 1.807) is 12.2 Å². The van der Waals surface area contributed by atoms with E-state index >= 15 is 0 Å². The lowest BCUT2D eigenvalue weighted by molar-refractivity contribution is -0.117. The van der Waals surface area contributed by atoms with E-state index in [4.69, 9.17) is 9.84 Å². The zero-order valence-electron chi connectivity index (χ0n) is 12.6. The van der Waals surface area contributed by atoms with Gasteiger partial charge in [-0.3, -0.25) is 4.79 Å². The molecule has 0 bridgehead atoms. The molecule has 1 amide bonds. The smallest absolute Gasteiger partial charge is 0.355 e. The van der Waals surface area contributed by atoms with Crippen LogP contribution in [0.25, 0.3) is 6.08 Å². The van der Waals surface area contributed by atoms with Crippen LogP contribution in [0.4, 0.5) is 0 Å². The van der Waals surface area contributed by atoms with Crippen LogP contribution in [-0.2, 0) is 11.2 Å². The maximum Gasteiger partial charge on any atom is 0.355 e. The molecule has 0 unspecified atom stereocenters. The summed E-state index contributed by atoms with van der Waals surface area (Å²) < 4.78 is 5.45. The second kappa shape index (κ2) is 7.10. The van der Waals surface area contributed by atoms with Gasteiger partial charge in [-0.15, -0.1) is 11.3 Å². The molecule has 0 spiro atoms. The highest BCUT2D eigenvalue weighted by Gasteiger charge is 2.12. The van der Waals surface area contributed by atoms with Crippen LogP contribution in [-0.4, -0.2) is 28.5 Å². The lowest BCUT2D eigenvalue weighted by atomic mass is 10.1. The van der Waals surface area contributed by atoms with Gasteiger partial charge in [-0.25, -0.2) is 9.78 Å². The number of fused-ring (bicyclic) bond motifs is 1. The highest BCUT2D eigenvalue weighted by molar-refractivity contribution is 7.09. The topological polar surface area (TPSA) is 88.5 Å². The first-order chi connectivity index (χ1) is 11.6. The van der Waals surface area contributed by atoms with Gasteiger partial charge in [0.05, 0.1) is 11.3 Å². The summed E-state index contributed by atoms with van der Waals surface area (Å²) in [5.74, 6) is -0.573. The van der Waals surface area contributed by atoms with Gasteiger partial charge >= 0.3 is 5.97 Å². The summed E-state index contributed by atoms with van der Waals surface area (Å²) in [6, 6.07) is 7.45. The Morgan fingerprint density at radius 2 is 2.12 bits per heavy atom. The highest BCUT2D eigenvalue weighted by Crippen LogP contribution is 2.24. The van der Waals surface area contributed by atoms with Gasteiger partial charge in [0.1, 0.15) is 5.75 Å². The minimum Gasteiger partial charge on any atom is -0.476 e. The molecule has 0 saturated carbocycles. The third-order valence-electron chi connectivity index (χ3n) is 3.33. The number of carbonyl (C=O) groups is 2. The van der Waals surface area contributed by atoms with Gasteiger partial charge in [0, 0.05) is 29.5 Å². The van der Waals surface area contributed by atoms with E-state index in [2.05, 4.69) is 10.3 Å². The van der Waals surface area contributed by atoms with Gasteiger partial charge in [-0.2, -0.15) is 0 Å². The molecule has 1 aromatic heterocycles. The fourth-order valence-corrected chi connectivity index (χ4v) is 2.93. The summed E-state index contributed by atoms with van der Waals surface area (Å²) in [6.45, 7) is 0.374. The van der Waals surface area contributed by atoms with E-state index in [1.165, 1.54) is 23.0 Å². The van der Waals surface area contributed by atoms with E-state index in [0.29, 0.717) is 29.3 Å². The number of benzene rings is 1. The third-order valence-corrected chi connectivity index (χ3v) is 4.24. The second-order valence-electron chi connectivity index (χ2n) is 5.00. The minimum absolute atomic E-state index is 0.0319. The van der Waals surface area contributed by atoms with Crippen molar-refractivity contribution >= 4 is 29.3 Å². The molecule has 2 N–H and O–H groups in total. The SMILES string of the molecule is O=C(NCCc1nc(C(=O)O)cs1)C1=Cc2ccccc2OC=C1. The van der Waals surface area contributed by atoms with Crippen LogP contribution < -0.4 is 10.1 Å². The molecular weight excluding hydrogens is 328 g/mol. The summed E-state index contributed by atoms with van der Waals surface area (Å²) >= 11 is 1.27. The Morgan fingerprint density at radius 1 is 1.29 bits per heavy atom. The fraction of sp³-hybridized carbons (Fsp3) is 0.118. The summed E-state index contributed by atoms with van der Waals surface area (Å²) in [7, 11) is 0. The molecule has 0 radical (unpaired) electrons. The van der Waals surface area contributed by atoms with Crippen LogP contribution >= 0.6 is 11.3 Å².